The molecule has 1 aliphatic heterocycles. The van der Waals surface area contributed by atoms with Crippen LogP contribution < -0.4 is 16.0 Å². The Bertz CT molecular complexity index is 754. The number of anilines is 1. The minimum absolute atomic E-state index is 0.0564. The summed E-state index contributed by atoms with van der Waals surface area (Å²) in [6, 6.07) is -1.66. The van der Waals surface area contributed by atoms with Gasteiger partial charge in [0.25, 0.3) is 0 Å². The molecule has 2 atom stereocenters. The zero-order chi connectivity index (χ0) is 19.5. The number of rotatable bonds is 6. The number of sulfone groups is 1. The second kappa shape index (κ2) is 8.34. The lowest BCUT2D eigenvalue weighted by atomic mass is 10.0. The van der Waals surface area contributed by atoms with E-state index in [4.69, 9.17) is 0 Å². The largest absolute Gasteiger partial charge is 0.334 e. The van der Waals surface area contributed by atoms with Crippen molar-refractivity contribution in [1.82, 2.24) is 15.6 Å². The molecule has 8 nitrogen and oxygen atoms in total. The molecular weight excluding hydrogens is 376 g/mol. The van der Waals surface area contributed by atoms with E-state index in [9.17, 15) is 18.0 Å². The average Bonchev–Trinajstić information content (AvgIpc) is 2.99. The Balaban J connectivity index is 1.97. The summed E-state index contributed by atoms with van der Waals surface area (Å²) >= 11 is 1.39. The highest BCUT2D eigenvalue weighted by atomic mass is 32.2. The molecule has 3 N–H and O–H groups in total. The Morgan fingerprint density at radius 2 is 2.00 bits per heavy atom. The molecule has 0 aromatic carbocycles. The zero-order valence-corrected chi connectivity index (χ0v) is 17.1. The fraction of sp³-hybridized carbons (Fsp3) is 0.688. The van der Waals surface area contributed by atoms with Gasteiger partial charge >= 0.3 is 6.03 Å². The van der Waals surface area contributed by atoms with E-state index in [1.54, 1.807) is 0 Å². The standard InChI is InChI=1S/C16H26N4O4S2/c1-9(2)7-13(14(21)20-16-17-10(3)11(4)25-16)19-15(22)18-12-5-6-26(23,24)8-12/h9,12-13H,5-8H2,1-4H3,(H,17,20,21)(H2,18,19,22)/t12?,13-/m0/s1. The van der Waals surface area contributed by atoms with Crippen molar-refractivity contribution in [3.8, 4) is 0 Å². The van der Waals surface area contributed by atoms with Crippen LogP contribution in [0.2, 0.25) is 0 Å². The summed E-state index contributed by atoms with van der Waals surface area (Å²) in [5.41, 5.74) is 0.860. The van der Waals surface area contributed by atoms with Crippen LogP contribution in [-0.4, -0.2) is 48.9 Å². The molecule has 1 aliphatic rings. The number of aryl methyl sites for hydroxylation is 2. The van der Waals surface area contributed by atoms with E-state index in [2.05, 4.69) is 20.9 Å². The van der Waals surface area contributed by atoms with Crippen LogP contribution >= 0.6 is 11.3 Å². The highest BCUT2D eigenvalue weighted by molar-refractivity contribution is 7.91. The van der Waals surface area contributed by atoms with E-state index in [-0.39, 0.29) is 23.3 Å². The summed E-state index contributed by atoms with van der Waals surface area (Å²) in [6.07, 6.45) is 0.861. The first-order valence-electron chi connectivity index (χ1n) is 8.58. The summed E-state index contributed by atoms with van der Waals surface area (Å²) in [5.74, 6) is -0.116. The van der Waals surface area contributed by atoms with E-state index < -0.39 is 28.0 Å². The first kappa shape index (κ1) is 20.6. The molecule has 1 aromatic rings. The van der Waals surface area contributed by atoms with Crippen molar-refractivity contribution in [1.29, 1.82) is 0 Å². The molecule has 0 bridgehead atoms. The van der Waals surface area contributed by atoms with E-state index in [0.717, 1.165) is 10.6 Å². The molecule has 2 rings (SSSR count). The van der Waals surface area contributed by atoms with Gasteiger partial charge in [-0.15, -0.1) is 11.3 Å². The number of carbonyl (C=O) groups excluding carboxylic acids is 2. The Kier molecular flexibility index (Phi) is 6.62. The SMILES string of the molecule is Cc1nc(NC(=O)[C@H](CC(C)C)NC(=O)NC2CCS(=O)(=O)C2)sc1C. The molecule has 146 valence electrons. The lowest BCUT2D eigenvalue weighted by Crippen LogP contribution is -2.51. The monoisotopic (exact) mass is 402 g/mol. The van der Waals surface area contributed by atoms with Gasteiger partial charge in [-0.1, -0.05) is 13.8 Å². The summed E-state index contributed by atoms with van der Waals surface area (Å²) in [6.45, 7) is 7.71. The van der Waals surface area contributed by atoms with Crippen LogP contribution in [0.3, 0.4) is 0 Å². The van der Waals surface area contributed by atoms with Crippen molar-refractivity contribution in [2.24, 2.45) is 5.92 Å². The summed E-state index contributed by atoms with van der Waals surface area (Å²) in [5, 5.41) is 8.57. The second-order valence-corrected chi connectivity index (χ2v) is 10.5. The van der Waals surface area contributed by atoms with Gasteiger partial charge in [-0.25, -0.2) is 18.2 Å². The minimum Gasteiger partial charge on any atom is -0.334 e. The van der Waals surface area contributed by atoms with Crippen LogP contribution in [0.1, 0.15) is 37.3 Å². The molecule has 0 spiro atoms. The second-order valence-electron chi connectivity index (χ2n) is 7.05. The highest BCUT2D eigenvalue weighted by Gasteiger charge is 2.30. The third-order valence-corrected chi connectivity index (χ3v) is 6.91. The first-order chi connectivity index (χ1) is 12.1. The van der Waals surface area contributed by atoms with E-state index >= 15 is 0 Å². The number of aromatic nitrogens is 1. The van der Waals surface area contributed by atoms with Crippen LogP contribution in [0.4, 0.5) is 9.93 Å². The quantitative estimate of drug-likeness (QED) is 0.668. The van der Waals surface area contributed by atoms with E-state index in [1.807, 2.05) is 27.7 Å². The lowest BCUT2D eigenvalue weighted by molar-refractivity contribution is -0.118. The van der Waals surface area contributed by atoms with Crippen molar-refractivity contribution in [2.75, 3.05) is 16.8 Å². The maximum Gasteiger partial charge on any atom is 0.315 e. The Hall–Kier alpha value is -1.68. The number of thiazole rings is 1. The number of carbonyl (C=O) groups is 2. The van der Waals surface area contributed by atoms with E-state index in [1.165, 1.54) is 11.3 Å². The smallest absolute Gasteiger partial charge is 0.315 e. The third kappa shape index (κ3) is 5.94. The number of hydrogen-bond donors (Lipinski definition) is 3. The first-order valence-corrected chi connectivity index (χ1v) is 11.2. The predicted molar refractivity (Wildman–Crippen MR) is 102 cm³/mol. The van der Waals surface area contributed by atoms with Gasteiger partial charge in [0.1, 0.15) is 6.04 Å². The maximum absolute atomic E-state index is 12.6. The predicted octanol–water partition coefficient (Wildman–Crippen LogP) is 1.60. The molecule has 0 saturated carbocycles. The van der Waals surface area contributed by atoms with Gasteiger partial charge in [-0.05, 0) is 32.6 Å². The summed E-state index contributed by atoms with van der Waals surface area (Å²) in [7, 11) is -3.08. The van der Waals surface area contributed by atoms with Crippen molar-refractivity contribution < 1.29 is 18.0 Å². The molecule has 10 heteroatoms. The Morgan fingerprint density at radius 1 is 1.31 bits per heavy atom. The van der Waals surface area contributed by atoms with Gasteiger partial charge in [0, 0.05) is 10.9 Å². The fourth-order valence-electron chi connectivity index (χ4n) is 2.72. The van der Waals surface area contributed by atoms with Crippen LogP contribution in [0.5, 0.6) is 0 Å². The molecule has 3 amide bonds. The molecule has 1 fully saturated rings. The van der Waals surface area contributed by atoms with Gasteiger partial charge in [-0.3, -0.25) is 4.79 Å². The number of nitrogens with one attached hydrogen (secondary N) is 3. The lowest BCUT2D eigenvalue weighted by Gasteiger charge is -2.21. The van der Waals surface area contributed by atoms with Crippen LogP contribution in [-0.2, 0) is 14.6 Å². The summed E-state index contributed by atoms with van der Waals surface area (Å²) in [4.78, 5) is 30.1. The Labute approximate surface area is 158 Å². The zero-order valence-electron chi connectivity index (χ0n) is 15.5. The van der Waals surface area contributed by atoms with Crippen molar-refractivity contribution in [3.63, 3.8) is 0 Å². The minimum atomic E-state index is -3.08. The van der Waals surface area contributed by atoms with Gasteiger partial charge in [0.2, 0.25) is 5.91 Å². The number of nitrogens with zero attached hydrogens (tertiary/aromatic N) is 1. The number of amides is 3. The van der Waals surface area contributed by atoms with Crippen molar-refractivity contribution in [3.05, 3.63) is 10.6 Å². The average molecular weight is 403 g/mol. The topological polar surface area (TPSA) is 117 Å². The van der Waals surface area contributed by atoms with Gasteiger partial charge < -0.3 is 16.0 Å². The van der Waals surface area contributed by atoms with Crippen LogP contribution in [0.25, 0.3) is 0 Å². The molecule has 1 aromatic heterocycles. The van der Waals surface area contributed by atoms with Gasteiger partial charge in [-0.2, -0.15) is 0 Å². The molecule has 2 heterocycles. The molecule has 26 heavy (non-hydrogen) atoms. The molecule has 0 aliphatic carbocycles. The van der Waals surface area contributed by atoms with Crippen LogP contribution in [0.15, 0.2) is 0 Å². The third-order valence-electron chi connectivity index (χ3n) is 4.16. The normalized spacial score (nSPS) is 20.0. The van der Waals surface area contributed by atoms with Gasteiger partial charge in [0.15, 0.2) is 15.0 Å². The van der Waals surface area contributed by atoms with Crippen molar-refractivity contribution in [2.45, 2.75) is 52.6 Å². The number of hydrogen-bond acceptors (Lipinski definition) is 6. The fourth-order valence-corrected chi connectivity index (χ4v) is 5.21. The molecular formula is C16H26N4O4S2. The number of urea groups is 1. The molecule has 0 radical (unpaired) electrons. The van der Waals surface area contributed by atoms with Crippen molar-refractivity contribution >= 4 is 38.2 Å². The highest BCUT2D eigenvalue weighted by Crippen LogP contribution is 2.21. The van der Waals surface area contributed by atoms with Crippen LogP contribution in [0, 0.1) is 19.8 Å². The molecule has 1 saturated heterocycles. The van der Waals surface area contributed by atoms with Gasteiger partial charge in [0.05, 0.1) is 17.2 Å². The summed E-state index contributed by atoms with van der Waals surface area (Å²) < 4.78 is 23.0. The Morgan fingerprint density at radius 3 is 2.50 bits per heavy atom. The molecule has 1 unspecified atom stereocenters. The maximum atomic E-state index is 12.6. The van der Waals surface area contributed by atoms with E-state index in [0.29, 0.717) is 18.0 Å².